The van der Waals surface area contributed by atoms with Gasteiger partial charge in [0.15, 0.2) is 0 Å². The minimum atomic E-state index is 0. The van der Waals surface area contributed by atoms with Crippen molar-refractivity contribution in [1.29, 1.82) is 0 Å². The molecule has 2 aliphatic heterocycles. The van der Waals surface area contributed by atoms with E-state index in [2.05, 4.69) is 45.5 Å². The maximum atomic E-state index is 5.93. The van der Waals surface area contributed by atoms with Crippen LogP contribution in [0.3, 0.4) is 0 Å². The van der Waals surface area contributed by atoms with Gasteiger partial charge < -0.3 is 10.1 Å². The van der Waals surface area contributed by atoms with Crippen molar-refractivity contribution < 1.29 is 4.74 Å². The zero-order chi connectivity index (χ0) is 16.6. The molecule has 3 aromatic rings. The van der Waals surface area contributed by atoms with Crippen molar-refractivity contribution in [3.05, 3.63) is 54.1 Å². The molecule has 0 spiro atoms. The molecule has 3 heterocycles. The molecule has 0 amide bonds. The van der Waals surface area contributed by atoms with Gasteiger partial charge >= 0.3 is 0 Å². The van der Waals surface area contributed by atoms with E-state index in [-0.39, 0.29) is 12.4 Å². The Balaban J connectivity index is 0.00000168. The van der Waals surface area contributed by atoms with Crippen LogP contribution in [0.25, 0.3) is 10.2 Å². The molecule has 2 unspecified atom stereocenters. The fraction of sp³-hybridized carbons (Fsp3) is 0.350. The molecule has 0 radical (unpaired) electrons. The van der Waals surface area contributed by atoms with Crippen LogP contribution >= 0.6 is 23.7 Å². The number of aromatic nitrogens is 1. The average Bonchev–Trinajstić information content (AvgIpc) is 3.35. The number of nitrogens with zero attached hydrogens (tertiary/aromatic N) is 2. The molecule has 0 aliphatic carbocycles. The quantitative estimate of drug-likeness (QED) is 0.715. The lowest BCUT2D eigenvalue weighted by atomic mass is 10.1. The summed E-state index contributed by atoms with van der Waals surface area (Å²) in [5.41, 5.74) is 2.36. The zero-order valence-electron chi connectivity index (χ0n) is 14.4. The molecule has 2 bridgehead atoms. The maximum absolute atomic E-state index is 5.93. The van der Waals surface area contributed by atoms with Crippen LogP contribution in [0.5, 0.6) is 10.9 Å². The van der Waals surface area contributed by atoms with Crippen LogP contribution in [0.1, 0.15) is 12.0 Å². The van der Waals surface area contributed by atoms with Gasteiger partial charge in [-0.25, -0.2) is 4.98 Å². The van der Waals surface area contributed by atoms with Crippen molar-refractivity contribution in [3.8, 4) is 10.9 Å². The van der Waals surface area contributed by atoms with Crippen molar-refractivity contribution in [2.24, 2.45) is 0 Å². The molecule has 2 atom stereocenters. The van der Waals surface area contributed by atoms with E-state index in [1.165, 1.54) is 25.1 Å². The number of piperazine rings is 1. The molecule has 136 valence electrons. The third-order valence-electron chi connectivity index (χ3n) is 5.26. The smallest absolute Gasteiger partial charge is 0.279 e. The summed E-state index contributed by atoms with van der Waals surface area (Å²) in [6, 6.07) is 18.1. The summed E-state index contributed by atoms with van der Waals surface area (Å²) in [5.74, 6) is 0.854. The third kappa shape index (κ3) is 3.58. The number of nitrogens with one attached hydrogen (secondary N) is 1. The van der Waals surface area contributed by atoms with Crippen LogP contribution < -0.4 is 10.1 Å². The Bertz CT molecular complexity index is 849. The second-order valence-electron chi connectivity index (χ2n) is 6.93. The number of fused-ring (bicyclic) bond motifs is 3. The Morgan fingerprint density at radius 1 is 1.15 bits per heavy atom. The largest absolute Gasteiger partial charge is 0.431 e. The highest BCUT2D eigenvalue weighted by atomic mass is 35.5. The first-order valence-electron chi connectivity index (χ1n) is 8.93. The number of para-hydroxylation sites is 1. The van der Waals surface area contributed by atoms with Gasteiger partial charge in [0.2, 0.25) is 0 Å². The van der Waals surface area contributed by atoms with Gasteiger partial charge in [0.05, 0.1) is 10.2 Å². The predicted molar refractivity (Wildman–Crippen MR) is 109 cm³/mol. The fourth-order valence-electron chi connectivity index (χ4n) is 3.91. The Labute approximate surface area is 163 Å². The summed E-state index contributed by atoms with van der Waals surface area (Å²) in [6.45, 7) is 3.53. The van der Waals surface area contributed by atoms with Gasteiger partial charge in [-0.1, -0.05) is 35.6 Å². The first-order valence-corrected chi connectivity index (χ1v) is 9.75. The molecule has 2 aromatic carbocycles. The second kappa shape index (κ2) is 7.53. The standard InChI is InChI=1S/C20H21N3OS.ClH/c1-2-4-19-18(3-1)22-20(25-19)24-17-7-5-14(6-8-17)9-10-23-13-15-11-16(23)12-21-15;/h1-8,15-16,21H,9-13H2;1H. The third-order valence-corrected chi connectivity index (χ3v) is 6.17. The van der Waals surface area contributed by atoms with E-state index in [9.17, 15) is 0 Å². The first kappa shape index (κ1) is 17.7. The summed E-state index contributed by atoms with van der Waals surface area (Å²) in [4.78, 5) is 7.16. The fourth-order valence-corrected chi connectivity index (χ4v) is 4.75. The zero-order valence-corrected chi connectivity index (χ0v) is 16.1. The molecule has 2 saturated heterocycles. The van der Waals surface area contributed by atoms with Crippen LogP contribution in [0.2, 0.25) is 0 Å². The number of ether oxygens (including phenoxy) is 1. The topological polar surface area (TPSA) is 37.4 Å². The molecule has 1 aromatic heterocycles. The summed E-state index contributed by atoms with van der Waals surface area (Å²) in [6.07, 6.45) is 2.43. The van der Waals surface area contributed by atoms with Crippen LogP contribution in [0, 0.1) is 0 Å². The predicted octanol–water partition coefficient (Wildman–Crippen LogP) is 4.10. The van der Waals surface area contributed by atoms with Gasteiger partial charge in [-0.2, -0.15) is 0 Å². The van der Waals surface area contributed by atoms with Crippen molar-refractivity contribution in [2.45, 2.75) is 24.9 Å². The van der Waals surface area contributed by atoms with E-state index >= 15 is 0 Å². The lowest BCUT2D eigenvalue weighted by molar-refractivity contribution is 0.229. The van der Waals surface area contributed by atoms with Crippen LogP contribution in [0.15, 0.2) is 48.5 Å². The summed E-state index contributed by atoms with van der Waals surface area (Å²) >= 11 is 1.58. The first-order chi connectivity index (χ1) is 12.3. The van der Waals surface area contributed by atoms with Gasteiger partial charge in [-0.15, -0.1) is 12.4 Å². The van der Waals surface area contributed by atoms with Crippen molar-refractivity contribution >= 4 is 34.0 Å². The number of hydrogen-bond donors (Lipinski definition) is 1. The maximum Gasteiger partial charge on any atom is 0.279 e. The Kier molecular flexibility index (Phi) is 5.14. The van der Waals surface area contributed by atoms with E-state index in [0.29, 0.717) is 5.19 Å². The van der Waals surface area contributed by atoms with Gasteiger partial charge in [0.1, 0.15) is 5.75 Å². The molecule has 6 heteroatoms. The van der Waals surface area contributed by atoms with Crippen LogP contribution in [0.4, 0.5) is 0 Å². The van der Waals surface area contributed by atoms with Crippen molar-refractivity contribution in [1.82, 2.24) is 15.2 Å². The summed E-state index contributed by atoms with van der Waals surface area (Å²) in [5, 5.41) is 4.26. The molecular weight excluding hydrogens is 366 g/mol. The lowest BCUT2D eigenvalue weighted by Crippen LogP contribution is -2.44. The number of hydrogen-bond acceptors (Lipinski definition) is 5. The Morgan fingerprint density at radius 2 is 2.00 bits per heavy atom. The Morgan fingerprint density at radius 3 is 2.73 bits per heavy atom. The molecule has 26 heavy (non-hydrogen) atoms. The minimum Gasteiger partial charge on any atom is -0.431 e. The molecule has 1 N–H and O–H groups in total. The molecule has 2 aliphatic rings. The number of rotatable bonds is 5. The van der Waals surface area contributed by atoms with E-state index in [1.54, 1.807) is 11.3 Å². The van der Waals surface area contributed by atoms with Crippen LogP contribution in [-0.2, 0) is 6.42 Å². The lowest BCUT2D eigenvalue weighted by Gasteiger charge is -2.27. The summed E-state index contributed by atoms with van der Waals surface area (Å²) < 4.78 is 7.08. The number of halogens is 1. The van der Waals surface area contributed by atoms with E-state index in [4.69, 9.17) is 4.74 Å². The van der Waals surface area contributed by atoms with Gasteiger partial charge in [0, 0.05) is 31.7 Å². The van der Waals surface area contributed by atoms with Crippen molar-refractivity contribution in [2.75, 3.05) is 19.6 Å². The molecule has 2 fully saturated rings. The number of likely N-dealkylation sites (tertiary alicyclic amines) is 1. The Hall–Kier alpha value is -1.66. The van der Waals surface area contributed by atoms with Crippen molar-refractivity contribution in [3.63, 3.8) is 0 Å². The highest BCUT2D eigenvalue weighted by molar-refractivity contribution is 7.20. The molecule has 4 nitrogen and oxygen atoms in total. The van der Waals surface area contributed by atoms with E-state index in [0.717, 1.165) is 41.0 Å². The molecular formula is C20H22ClN3OS. The number of benzene rings is 2. The second-order valence-corrected chi connectivity index (χ2v) is 7.93. The summed E-state index contributed by atoms with van der Waals surface area (Å²) in [7, 11) is 0. The molecule has 5 rings (SSSR count). The normalized spacial score (nSPS) is 21.8. The van der Waals surface area contributed by atoms with Gasteiger partial charge in [-0.05, 0) is 42.7 Å². The highest BCUT2D eigenvalue weighted by Crippen LogP contribution is 2.31. The van der Waals surface area contributed by atoms with Gasteiger partial charge in [-0.3, -0.25) is 4.90 Å². The van der Waals surface area contributed by atoms with Gasteiger partial charge in [0.25, 0.3) is 5.19 Å². The monoisotopic (exact) mass is 387 g/mol. The highest BCUT2D eigenvalue weighted by Gasteiger charge is 2.36. The van der Waals surface area contributed by atoms with Crippen LogP contribution in [-0.4, -0.2) is 41.6 Å². The molecule has 0 saturated carbocycles. The number of thiazole rings is 1. The minimum absolute atomic E-state index is 0. The average molecular weight is 388 g/mol. The van der Waals surface area contributed by atoms with E-state index in [1.807, 2.05) is 18.2 Å². The van der Waals surface area contributed by atoms with E-state index < -0.39 is 0 Å². The SMILES string of the molecule is Cl.c1ccc2sc(Oc3ccc(CCN4CC5CC4CN5)cc3)nc2c1.